The maximum absolute atomic E-state index is 14.1. The first-order valence-corrected chi connectivity index (χ1v) is 11.4. The van der Waals surface area contributed by atoms with E-state index < -0.39 is 11.7 Å². The Morgan fingerprint density at radius 1 is 1.28 bits per heavy atom. The van der Waals surface area contributed by atoms with Crippen molar-refractivity contribution in [1.82, 2.24) is 20.2 Å². The minimum Gasteiger partial charge on any atom is -0.367 e. The molecule has 1 saturated heterocycles. The fourth-order valence-corrected chi connectivity index (χ4v) is 4.40. The van der Waals surface area contributed by atoms with Gasteiger partial charge in [0.05, 0.1) is 29.3 Å². The first-order valence-electron chi connectivity index (χ1n) is 11.0. The molecule has 2 aromatic rings. The Labute approximate surface area is 192 Å². The van der Waals surface area contributed by atoms with E-state index in [4.69, 9.17) is 16.3 Å². The Hall–Kier alpha value is -2.29. The number of carbonyl (C=O) groups excluding carboxylic acids is 1. The van der Waals surface area contributed by atoms with E-state index in [1.807, 2.05) is 25.7 Å². The van der Waals surface area contributed by atoms with Crippen LogP contribution in [0.1, 0.15) is 49.6 Å². The number of rotatable bonds is 6. The van der Waals surface area contributed by atoms with Crippen LogP contribution in [0, 0.1) is 5.82 Å². The van der Waals surface area contributed by atoms with Gasteiger partial charge >= 0.3 is 0 Å². The number of anilines is 1. The average Bonchev–Trinajstić information content (AvgIpc) is 3.17. The highest BCUT2D eigenvalue weighted by Crippen LogP contribution is 2.35. The van der Waals surface area contributed by atoms with Crippen LogP contribution in [0.5, 0.6) is 0 Å². The van der Waals surface area contributed by atoms with E-state index in [2.05, 4.69) is 20.2 Å². The summed E-state index contributed by atoms with van der Waals surface area (Å²) in [6.45, 7) is 9.47. The molecule has 1 fully saturated rings. The first-order chi connectivity index (χ1) is 15.3. The number of hydrogen-bond acceptors (Lipinski definition) is 6. The molecule has 32 heavy (non-hydrogen) atoms. The first kappa shape index (κ1) is 22.9. The predicted octanol–water partition coefficient (Wildman–Crippen LogP) is 3.29. The van der Waals surface area contributed by atoms with Gasteiger partial charge in [-0.25, -0.2) is 14.4 Å². The van der Waals surface area contributed by atoms with E-state index in [0.717, 1.165) is 17.1 Å². The van der Waals surface area contributed by atoms with Gasteiger partial charge in [-0.3, -0.25) is 4.79 Å². The average molecular weight is 462 g/mol. The SMILES string of the molecule is CC(C)NCC(C(=O)N1CCN(c2ncnc3c2C(C)OC3)CC1)c1ccc(Cl)c(F)c1. The number of ether oxygens (including phenoxy) is 1. The van der Waals surface area contributed by atoms with E-state index in [1.165, 1.54) is 12.1 Å². The largest absolute Gasteiger partial charge is 0.367 e. The predicted molar refractivity (Wildman–Crippen MR) is 121 cm³/mol. The topological polar surface area (TPSA) is 70.6 Å². The van der Waals surface area contributed by atoms with E-state index in [1.54, 1.807) is 12.4 Å². The van der Waals surface area contributed by atoms with E-state index in [-0.39, 0.29) is 23.1 Å². The molecule has 1 amide bonds. The van der Waals surface area contributed by atoms with E-state index in [9.17, 15) is 9.18 Å². The zero-order chi connectivity index (χ0) is 22.8. The third-order valence-electron chi connectivity index (χ3n) is 6.09. The van der Waals surface area contributed by atoms with Crippen molar-refractivity contribution in [2.24, 2.45) is 0 Å². The summed E-state index contributed by atoms with van der Waals surface area (Å²) in [5.41, 5.74) is 2.61. The number of nitrogens with zero attached hydrogens (tertiary/aromatic N) is 4. The third kappa shape index (κ3) is 4.72. The molecule has 2 atom stereocenters. The van der Waals surface area contributed by atoms with Crippen LogP contribution in [0.4, 0.5) is 10.2 Å². The normalized spacial score (nSPS) is 19.4. The van der Waals surface area contributed by atoms with Gasteiger partial charge in [-0.1, -0.05) is 31.5 Å². The zero-order valence-electron chi connectivity index (χ0n) is 18.6. The highest BCUT2D eigenvalue weighted by molar-refractivity contribution is 6.30. The molecule has 1 aromatic heterocycles. The van der Waals surface area contributed by atoms with Crippen LogP contribution in [-0.2, 0) is 16.1 Å². The number of aromatic nitrogens is 2. The maximum Gasteiger partial charge on any atom is 0.231 e. The lowest BCUT2D eigenvalue weighted by atomic mass is 9.96. The molecule has 1 aromatic carbocycles. The van der Waals surface area contributed by atoms with Crippen molar-refractivity contribution in [2.75, 3.05) is 37.6 Å². The molecule has 0 radical (unpaired) electrons. The number of fused-ring (bicyclic) bond motifs is 1. The molecule has 9 heteroatoms. The second-order valence-corrected chi connectivity index (χ2v) is 9.02. The number of benzene rings is 1. The molecular formula is C23H29ClFN5O2. The summed E-state index contributed by atoms with van der Waals surface area (Å²) in [5.74, 6) is -0.105. The van der Waals surface area contributed by atoms with Crippen molar-refractivity contribution >= 4 is 23.3 Å². The second kappa shape index (κ2) is 9.68. The highest BCUT2D eigenvalue weighted by atomic mass is 35.5. The summed E-state index contributed by atoms with van der Waals surface area (Å²) in [6, 6.07) is 4.83. The smallest absolute Gasteiger partial charge is 0.231 e. The van der Waals surface area contributed by atoms with Gasteiger partial charge in [-0.15, -0.1) is 0 Å². The summed E-state index contributed by atoms with van der Waals surface area (Å²) in [5, 5.41) is 3.38. The van der Waals surface area contributed by atoms with Crippen LogP contribution in [0.2, 0.25) is 5.02 Å². The summed E-state index contributed by atoms with van der Waals surface area (Å²) < 4.78 is 19.8. The third-order valence-corrected chi connectivity index (χ3v) is 6.39. The van der Waals surface area contributed by atoms with Gasteiger partial charge in [0, 0.05) is 44.3 Å². The Balaban J connectivity index is 1.48. The number of nitrogens with one attached hydrogen (secondary N) is 1. The fraction of sp³-hybridized carbons (Fsp3) is 0.522. The molecule has 172 valence electrons. The fourth-order valence-electron chi connectivity index (χ4n) is 4.28. The van der Waals surface area contributed by atoms with Gasteiger partial charge in [-0.05, 0) is 24.6 Å². The van der Waals surface area contributed by atoms with Crippen LogP contribution >= 0.6 is 11.6 Å². The second-order valence-electron chi connectivity index (χ2n) is 8.61. The molecule has 4 rings (SSSR count). The summed E-state index contributed by atoms with van der Waals surface area (Å²) in [4.78, 5) is 26.4. The summed E-state index contributed by atoms with van der Waals surface area (Å²) >= 11 is 5.86. The molecule has 3 heterocycles. The highest BCUT2D eigenvalue weighted by Gasteiger charge is 2.32. The van der Waals surface area contributed by atoms with Gasteiger partial charge < -0.3 is 19.9 Å². The molecule has 2 aliphatic rings. The molecule has 2 unspecified atom stereocenters. The van der Waals surface area contributed by atoms with Crippen LogP contribution in [0.3, 0.4) is 0 Å². The Morgan fingerprint density at radius 3 is 2.72 bits per heavy atom. The van der Waals surface area contributed by atoms with Gasteiger partial charge in [-0.2, -0.15) is 0 Å². The van der Waals surface area contributed by atoms with E-state index >= 15 is 0 Å². The minimum atomic E-state index is -0.509. The summed E-state index contributed by atoms with van der Waals surface area (Å²) in [6.07, 6.45) is 1.54. The molecule has 0 aliphatic carbocycles. The van der Waals surface area contributed by atoms with Gasteiger partial charge in [0.2, 0.25) is 5.91 Å². The lowest BCUT2D eigenvalue weighted by Crippen LogP contribution is -2.51. The lowest BCUT2D eigenvalue weighted by Gasteiger charge is -2.38. The number of hydrogen-bond donors (Lipinski definition) is 1. The molecule has 1 N–H and O–H groups in total. The van der Waals surface area contributed by atoms with Gasteiger partial charge in [0.25, 0.3) is 0 Å². The van der Waals surface area contributed by atoms with Crippen LogP contribution in [0.25, 0.3) is 0 Å². The molecule has 2 aliphatic heterocycles. The quantitative estimate of drug-likeness (QED) is 0.711. The van der Waals surface area contributed by atoms with E-state index in [0.29, 0.717) is 44.9 Å². The Kier molecular flexibility index (Phi) is 6.93. The lowest BCUT2D eigenvalue weighted by molar-refractivity contribution is -0.133. The number of carbonyl (C=O) groups is 1. The molecular weight excluding hydrogens is 433 g/mol. The van der Waals surface area contributed by atoms with Crippen LogP contribution < -0.4 is 10.2 Å². The Bertz CT molecular complexity index is 981. The maximum atomic E-state index is 14.1. The Morgan fingerprint density at radius 2 is 2.03 bits per heavy atom. The van der Waals surface area contributed by atoms with Gasteiger partial charge in [0.15, 0.2) is 0 Å². The zero-order valence-corrected chi connectivity index (χ0v) is 19.4. The van der Waals surface area contributed by atoms with Crippen LogP contribution in [-0.4, -0.2) is 59.5 Å². The van der Waals surface area contributed by atoms with Crippen molar-refractivity contribution in [3.8, 4) is 0 Å². The number of amides is 1. The number of halogens is 2. The molecule has 0 saturated carbocycles. The molecule has 0 spiro atoms. The van der Waals surface area contributed by atoms with Crippen molar-refractivity contribution in [2.45, 2.75) is 45.4 Å². The molecule has 0 bridgehead atoms. The van der Waals surface area contributed by atoms with Crippen molar-refractivity contribution in [1.29, 1.82) is 0 Å². The van der Waals surface area contributed by atoms with Gasteiger partial charge in [0.1, 0.15) is 18.0 Å². The van der Waals surface area contributed by atoms with Crippen molar-refractivity contribution < 1.29 is 13.9 Å². The standard InChI is InChI=1S/C23H29ClFN5O2/c1-14(2)26-11-17(16-4-5-18(24)19(25)10-16)23(31)30-8-6-29(7-9-30)22-21-15(3)32-12-20(21)27-13-28-22/h4-5,10,13-15,17,26H,6-9,11-12H2,1-3H3. The van der Waals surface area contributed by atoms with Crippen molar-refractivity contribution in [3.63, 3.8) is 0 Å². The summed E-state index contributed by atoms with van der Waals surface area (Å²) in [7, 11) is 0. The molecule has 7 nitrogen and oxygen atoms in total. The van der Waals surface area contributed by atoms with Crippen LogP contribution in [0.15, 0.2) is 24.5 Å². The minimum absolute atomic E-state index is 0.0101. The number of piperazine rings is 1. The van der Waals surface area contributed by atoms with Crippen molar-refractivity contribution in [3.05, 3.63) is 52.2 Å². The monoisotopic (exact) mass is 461 g/mol.